The van der Waals surface area contributed by atoms with E-state index < -0.39 is 10.1 Å². The smallest absolute Gasteiger partial charge is 0.872 e. The van der Waals surface area contributed by atoms with Crippen molar-refractivity contribution in [2.45, 2.75) is 95.3 Å². The molecule has 178 valence electrons. The van der Waals surface area contributed by atoms with Crippen LogP contribution in [0.5, 0.6) is 17.2 Å². The van der Waals surface area contributed by atoms with Crippen LogP contribution in [-0.4, -0.2) is 13.0 Å². The Kier molecular flexibility index (Phi) is 15.9. The molecule has 0 amide bonds. The quantitative estimate of drug-likeness (QED) is 0.213. The largest absolute Gasteiger partial charge is 1.00 e. The van der Waals surface area contributed by atoms with Gasteiger partial charge < -0.3 is 9.84 Å². The Hall–Kier alpha value is -0.414. The van der Waals surface area contributed by atoms with Crippen molar-refractivity contribution < 1.29 is 74.2 Å². The van der Waals surface area contributed by atoms with Gasteiger partial charge in [-0.3, -0.25) is 4.55 Å². The zero-order chi connectivity index (χ0) is 23.2. The third kappa shape index (κ3) is 13.3. The van der Waals surface area contributed by atoms with Crippen molar-refractivity contribution in [3.8, 4) is 17.2 Å². The van der Waals surface area contributed by atoms with E-state index in [1.807, 2.05) is 0 Å². The molecule has 0 bridgehead atoms. The summed E-state index contributed by atoms with van der Waals surface area (Å²) in [6.07, 6.45) is 15.9. The van der Waals surface area contributed by atoms with Gasteiger partial charge in [-0.2, -0.15) is 8.42 Å². The van der Waals surface area contributed by atoms with Crippen LogP contribution in [0.25, 0.3) is 0 Å². The van der Waals surface area contributed by atoms with Gasteiger partial charge in [-0.15, -0.1) is 5.75 Å². The maximum absolute atomic E-state index is 11.7. The molecular formula is C26H37KO5S. The predicted octanol–water partition coefficient (Wildman–Crippen LogP) is 4.05. The first-order valence-corrected chi connectivity index (χ1v) is 13.4. The van der Waals surface area contributed by atoms with Crippen LogP contribution in [0.3, 0.4) is 0 Å². The number of unbranched alkanes of at least 4 members (excludes halogenated alkanes) is 11. The van der Waals surface area contributed by atoms with Gasteiger partial charge >= 0.3 is 51.4 Å². The van der Waals surface area contributed by atoms with Gasteiger partial charge in [0.15, 0.2) is 0 Å². The first kappa shape index (κ1) is 30.6. The molecule has 0 unspecified atom stereocenters. The summed E-state index contributed by atoms with van der Waals surface area (Å²) in [4.78, 5) is -0.176. The van der Waals surface area contributed by atoms with Crippen molar-refractivity contribution in [1.29, 1.82) is 0 Å². The van der Waals surface area contributed by atoms with Gasteiger partial charge in [-0.05, 0) is 42.7 Å². The standard InChI is InChI=1S/C26H38O5S.K/c1-2-3-4-5-6-7-8-9-10-11-12-13-14-22-19-25(21-26(20-22)32(28,29)30)31-24-17-15-23(27)16-18-24;/h15-21,27H,2-14H2,1H3,(H,28,29,30);/q;+1/p-1. The summed E-state index contributed by atoms with van der Waals surface area (Å²) in [6, 6.07) is 10.4. The molecule has 33 heavy (non-hydrogen) atoms. The van der Waals surface area contributed by atoms with Crippen molar-refractivity contribution in [2.24, 2.45) is 0 Å². The summed E-state index contributed by atoms with van der Waals surface area (Å²) < 4.78 is 38.5. The Bertz CT molecular complexity index is 897. The minimum atomic E-state index is -4.33. The minimum Gasteiger partial charge on any atom is -0.872 e. The molecule has 0 saturated carbocycles. The average molecular weight is 501 g/mol. The maximum atomic E-state index is 11.7. The number of ether oxygens (including phenoxy) is 1. The van der Waals surface area contributed by atoms with Crippen molar-refractivity contribution in [3.05, 3.63) is 48.0 Å². The van der Waals surface area contributed by atoms with E-state index in [2.05, 4.69) is 6.92 Å². The second-order valence-electron chi connectivity index (χ2n) is 8.50. The van der Waals surface area contributed by atoms with E-state index in [4.69, 9.17) is 4.74 Å². The fourth-order valence-electron chi connectivity index (χ4n) is 3.80. The normalized spacial score (nSPS) is 11.2. The molecule has 0 saturated heterocycles. The van der Waals surface area contributed by atoms with Crippen molar-refractivity contribution in [2.75, 3.05) is 0 Å². The topological polar surface area (TPSA) is 86.7 Å². The van der Waals surface area contributed by atoms with E-state index in [-0.39, 0.29) is 62.0 Å². The zero-order valence-electron chi connectivity index (χ0n) is 20.2. The van der Waals surface area contributed by atoms with Gasteiger partial charge in [-0.1, -0.05) is 89.7 Å². The fraction of sp³-hybridized carbons (Fsp3) is 0.538. The van der Waals surface area contributed by atoms with E-state index in [1.54, 1.807) is 6.07 Å². The number of hydrogen-bond acceptors (Lipinski definition) is 4. The number of benzene rings is 2. The monoisotopic (exact) mass is 500 g/mol. The number of aryl methyl sites for hydroxylation is 1. The third-order valence-electron chi connectivity index (χ3n) is 5.62. The molecule has 0 aliphatic heterocycles. The molecule has 0 atom stereocenters. The molecule has 0 spiro atoms. The third-order valence-corrected chi connectivity index (χ3v) is 6.45. The summed E-state index contributed by atoms with van der Waals surface area (Å²) in [6.45, 7) is 2.24. The van der Waals surface area contributed by atoms with Crippen LogP contribution in [0.2, 0.25) is 0 Å². The van der Waals surface area contributed by atoms with E-state index in [0.717, 1.165) is 24.8 Å². The SMILES string of the molecule is CCCCCCCCCCCCCCc1cc(Oc2ccc([O-])cc2)cc(S(=O)(=O)O)c1.[K+]. The van der Waals surface area contributed by atoms with Gasteiger partial charge in [0.1, 0.15) is 11.5 Å². The Balaban J connectivity index is 0.00000544. The van der Waals surface area contributed by atoms with Crippen LogP contribution in [0.1, 0.15) is 89.5 Å². The minimum absolute atomic E-state index is 0. The van der Waals surface area contributed by atoms with Gasteiger partial charge in [0, 0.05) is 6.07 Å². The summed E-state index contributed by atoms with van der Waals surface area (Å²) in [7, 11) is -4.33. The molecule has 2 rings (SSSR count). The van der Waals surface area contributed by atoms with Crippen molar-refractivity contribution in [3.63, 3.8) is 0 Å². The first-order chi connectivity index (χ1) is 15.4. The maximum Gasteiger partial charge on any atom is 1.00 e. The first-order valence-electron chi connectivity index (χ1n) is 11.9. The molecule has 0 aliphatic carbocycles. The number of rotatable bonds is 16. The van der Waals surface area contributed by atoms with Gasteiger partial charge in [0.25, 0.3) is 10.1 Å². The van der Waals surface area contributed by atoms with Crippen LogP contribution in [0.15, 0.2) is 47.4 Å². The Labute approximate surface area is 242 Å². The van der Waals surface area contributed by atoms with E-state index in [9.17, 15) is 18.1 Å². The van der Waals surface area contributed by atoms with Gasteiger partial charge in [-0.25, -0.2) is 0 Å². The zero-order valence-corrected chi connectivity index (χ0v) is 24.2. The van der Waals surface area contributed by atoms with Crippen molar-refractivity contribution in [1.82, 2.24) is 0 Å². The molecule has 1 N–H and O–H groups in total. The second-order valence-corrected chi connectivity index (χ2v) is 9.92. The molecule has 2 aromatic carbocycles. The molecule has 0 aliphatic rings. The average Bonchev–Trinajstić information content (AvgIpc) is 2.75. The molecular weight excluding hydrogens is 463 g/mol. The van der Waals surface area contributed by atoms with Crippen LogP contribution in [0, 0.1) is 0 Å². The second kappa shape index (κ2) is 17.1. The molecule has 2 aromatic rings. The Morgan fingerprint density at radius 1 is 0.758 bits per heavy atom. The summed E-state index contributed by atoms with van der Waals surface area (Å²) >= 11 is 0. The van der Waals surface area contributed by atoms with E-state index >= 15 is 0 Å². The molecule has 0 fully saturated rings. The molecule has 0 aromatic heterocycles. The molecule has 5 nitrogen and oxygen atoms in total. The summed E-state index contributed by atoms with van der Waals surface area (Å²) in [5.74, 6) is 0.637. The van der Waals surface area contributed by atoms with Gasteiger partial charge in [0.05, 0.1) is 4.90 Å². The summed E-state index contributed by atoms with van der Waals surface area (Å²) in [5, 5.41) is 11.2. The molecule has 0 heterocycles. The predicted molar refractivity (Wildman–Crippen MR) is 127 cm³/mol. The van der Waals surface area contributed by atoms with Crippen LogP contribution in [0.4, 0.5) is 0 Å². The number of hydrogen-bond donors (Lipinski definition) is 1. The van der Waals surface area contributed by atoms with Crippen LogP contribution >= 0.6 is 0 Å². The van der Waals surface area contributed by atoms with E-state index in [0.29, 0.717) is 11.5 Å². The van der Waals surface area contributed by atoms with Gasteiger partial charge in [0.2, 0.25) is 0 Å². The van der Waals surface area contributed by atoms with Crippen LogP contribution < -0.4 is 61.2 Å². The van der Waals surface area contributed by atoms with E-state index in [1.165, 1.54) is 101 Å². The summed E-state index contributed by atoms with van der Waals surface area (Å²) in [5.41, 5.74) is 0.808. The Morgan fingerprint density at radius 3 is 1.79 bits per heavy atom. The molecule has 7 heteroatoms. The van der Waals surface area contributed by atoms with Crippen LogP contribution in [-0.2, 0) is 16.5 Å². The van der Waals surface area contributed by atoms with Crippen molar-refractivity contribution >= 4 is 10.1 Å². The Morgan fingerprint density at radius 2 is 1.27 bits per heavy atom. The fourth-order valence-corrected chi connectivity index (χ4v) is 4.36. The molecule has 0 radical (unpaired) electrons.